The van der Waals surface area contributed by atoms with Gasteiger partial charge < -0.3 is 19.7 Å². The summed E-state index contributed by atoms with van der Waals surface area (Å²) in [6, 6.07) is 5.32. The van der Waals surface area contributed by atoms with Gasteiger partial charge in [-0.25, -0.2) is 0 Å². The molecule has 3 fully saturated rings. The molecule has 178 valence electrons. The Balaban J connectivity index is 1.26. The van der Waals surface area contributed by atoms with Gasteiger partial charge in [0.2, 0.25) is 11.8 Å². The lowest BCUT2D eigenvalue weighted by atomic mass is 9.88. The second-order valence-electron chi connectivity index (χ2n) is 10.3. The van der Waals surface area contributed by atoms with E-state index in [-0.39, 0.29) is 35.7 Å². The number of hydrogen-bond donors (Lipinski definition) is 2. The van der Waals surface area contributed by atoms with Gasteiger partial charge in [0, 0.05) is 36.5 Å². The van der Waals surface area contributed by atoms with Crippen LogP contribution in [0.4, 0.5) is 0 Å². The number of fused-ring (bicyclic) bond motifs is 1. The molecular formula is C25H33N3O5. The summed E-state index contributed by atoms with van der Waals surface area (Å²) in [7, 11) is 0. The van der Waals surface area contributed by atoms with E-state index in [0.717, 1.165) is 50.3 Å². The van der Waals surface area contributed by atoms with Crippen molar-refractivity contribution in [1.29, 1.82) is 0 Å². The van der Waals surface area contributed by atoms with Crippen molar-refractivity contribution in [2.45, 2.75) is 76.6 Å². The summed E-state index contributed by atoms with van der Waals surface area (Å²) in [5, 5.41) is 6.10. The highest BCUT2D eigenvalue weighted by atomic mass is 16.5. The van der Waals surface area contributed by atoms with Crippen molar-refractivity contribution >= 4 is 17.7 Å². The second kappa shape index (κ2) is 9.06. The Morgan fingerprint density at radius 1 is 1.15 bits per heavy atom. The standard InChI is InChI=1S/C25H33N3O5/c1-25(14-32-15-25)13-26-19-5-3-2-4-6-21(19)33-17-7-8-18-16(11-17)12-28(24(18)31)20-9-10-22(29)27-23(20)30/h7-8,11,19-21,26H,2-6,9-10,12-15H2,1H3,(H,27,29,30)/t19-,20?,21+/m1/s1. The first kappa shape index (κ1) is 22.3. The van der Waals surface area contributed by atoms with Crippen LogP contribution in [-0.4, -0.2) is 60.6 Å². The number of carbonyl (C=O) groups excluding carboxylic acids is 3. The molecule has 0 spiro atoms. The summed E-state index contributed by atoms with van der Waals surface area (Å²) >= 11 is 0. The van der Waals surface area contributed by atoms with Gasteiger partial charge in [-0.05, 0) is 49.4 Å². The summed E-state index contributed by atoms with van der Waals surface area (Å²) in [6.07, 6.45) is 6.37. The Bertz CT molecular complexity index is 944. The van der Waals surface area contributed by atoms with E-state index >= 15 is 0 Å². The Morgan fingerprint density at radius 3 is 2.73 bits per heavy atom. The van der Waals surface area contributed by atoms with Crippen LogP contribution in [0.15, 0.2) is 18.2 Å². The van der Waals surface area contributed by atoms with Crippen molar-refractivity contribution in [3.05, 3.63) is 29.3 Å². The van der Waals surface area contributed by atoms with Crippen molar-refractivity contribution < 1.29 is 23.9 Å². The highest BCUT2D eigenvalue weighted by molar-refractivity contribution is 6.05. The zero-order valence-corrected chi connectivity index (χ0v) is 19.2. The largest absolute Gasteiger partial charge is 0.489 e. The lowest BCUT2D eigenvalue weighted by molar-refractivity contribution is -0.136. The molecule has 0 aromatic heterocycles. The number of nitrogens with one attached hydrogen (secondary N) is 2. The molecule has 0 bridgehead atoms. The first-order chi connectivity index (χ1) is 15.9. The first-order valence-electron chi connectivity index (χ1n) is 12.2. The normalized spacial score (nSPS) is 29.2. The molecule has 8 nitrogen and oxygen atoms in total. The van der Waals surface area contributed by atoms with Crippen LogP contribution in [0.5, 0.6) is 5.75 Å². The Hall–Kier alpha value is -2.45. The molecule has 3 heterocycles. The maximum atomic E-state index is 12.9. The van der Waals surface area contributed by atoms with E-state index in [1.54, 1.807) is 4.90 Å². The van der Waals surface area contributed by atoms with Gasteiger partial charge in [0.25, 0.3) is 5.91 Å². The molecular weight excluding hydrogens is 422 g/mol. The van der Waals surface area contributed by atoms with Gasteiger partial charge in [-0.3, -0.25) is 19.7 Å². The molecule has 3 atom stereocenters. The highest BCUT2D eigenvalue weighted by Gasteiger charge is 2.39. The van der Waals surface area contributed by atoms with E-state index in [0.29, 0.717) is 24.6 Å². The third-order valence-electron chi connectivity index (χ3n) is 7.43. The molecule has 2 saturated heterocycles. The van der Waals surface area contributed by atoms with Crippen molar-refractivity contribution in [3.8, 4) is 5.75 Å². The average molecular weight is 456 g/mol. The highest BCUT2D eigenvalue weighted by Crippen LogP contribution is 2.32. The number of hydrogen-bond acceptors (Lipinski definition) is 6. The Morgan fingerprint density at radius 2 is 1.97 bits per heavy atom. The van der Waals surface area contributed by atoms with E-state index < -0.39 is 6.04 Å². The molecule has 1 unspecified atom stereocenters. The fourth-order valence-electron chi connectivity index (χ4n) is 5.38. The van der Waals surface area contributed by atoms with Gasteiger partial charge in [0.15, 0.2) is 0 Å². The number of ether oxygens (including phenoxy) is 2. The molecule has 1 aromatic carbocycles. The van der Waals surface area contributed by atoms with Crippen LogP contribution < -0.4 is 15.4 Å². The number of piperidine rings is 1. The number of amides is 3. The SMILES string of the molecule is CC1(CN[C@@H]2CCCCC[C@@H]2Oc2ccc3c(c2)CN(C2CCC(=O)NC2=O)C3=O)COC1. The van der Waals surface area contributed by atoms with Gasteiger partial charge in [-0.2, -0.15) is 0 Å². The Labute approximate surface area is 194 Å². The molecule has 2 N–H and O–H groups in total. The third kappa shape index (κ3) is 4.64. The molecule has 8 heteroatoms. The van der Waals surface area contributed by atoms with Crippen LogP contribution >= 0.6 is 0 Å². The summed E-state index contributed by atoms with van der Waals surface area (Å²) in [6.45, 7) is 5.16. The quantitative estimate of drug-likeness (QED) is 0.504. The molecule has 4 aliphatic rings. The monoisotopic (exact) mass is 455 g/mol. The minimum absolute atomic E-state index is 0.0819. The average Bonchev–Trinajstić information content (AvgIpc) is 2.93. The predicted molar refractivity (Wildman–Crippen MR) is 121 cm³/mol. The van der Waals surface area contributed by atoms with Crippen LogP contribution in [-0.2, 0) is 20.9 Å². The summed E-state index contributed by atoms with van der Waals surface area (Å²) < 4.78 is 11.9. The van der Waals surface area contributed by atoms with E-state index in [9.17, 15) is 14.4 Å². The van der Waals surface area contributed by atoms with Crippen LogP contribution in [0.3, 0.4) is 0 Å². The van der Waals surface area contributed by atoms with Crippen LogP contribution in [0, 0.1) is 5.41 Å². The minimum atomic E-state index is -0.598. The number of nitrogens with zero attached hydrogens (tertiary/aromatic N) is 1. The topological polar surface area (TPSA) is 97.0 Å². The molecule has 3 amide bonds. The fraction of sp³-hybridized carbons (Fsp3) is 0.640. The van der Waals surface area contributed by atoms with E-state index in [1.165, 1.54) is 12.8 Å². The van der Waals surface area contributed by atoms with Gasteiger partial charge in [0.05, 0.1) is 13.2 Å². The minimum Gasteiger partial charge on any atom is -0.489 e. The fourth-order valence-corrected chi connectivity index (χ4v) is 5.38. The van der Waals surface area contributed by atoms with Crippen molar-refractivity contribution in [2.75, 3.05) is 19.8 Å². The lowest BCUT2D eigenvalue weighted by Gasteiger charge is -2.40. The zero-order valence-electron chi connectivity index (χ0n) is 19.2. The van der Waals surface area contributed by atoms with Crippen LogP contribution in [0.1, 0.15) is 67.8 Å². The number of imide groups is 1. The number of rotatable bonds is 6. The van der Waals surface area contributed by atoms with Gasteiger partial charge in [-0.15, -0.1) is 0 Å². The smallest absolute Gasteiger partial charge is 0.255 e. The third-order valence-corrected chi connectivity index (χ3v) is 7.43. The molecule has 1 aromatic rings. The number of benzene rings is 1. The predicted octanol–water partition coefficient (Wildman–Crippen LogP) is 2.15. The molecule has 1 aliphatic carbocycles. The number of carbonyl (C=O) groups is 3. The van der Waals surface area contributed by atoms with Gasteiger partial charge in [0.1, 0.15) is 17.9 Å². The van der Waals surface area contributed by atoms with Crippen LogP contribution in [0.2, 0.25) is 0 Å². The molecule has 5 rings (SSSR count). The van der Waals surface area contributed by atoms with Crippen molar-refractivity contribution in [1.82, 2.24) is 15.5 Å². The zero-order chi connectivity index (χ0) is 23.0. The van der Waals surface area contributed by atoms with E-state index in [4.69, 9.17) is 9.47 Å². The van der Waals surface area contributed by atoms with Crippen molar-refractivity contribution in [3.63, 3.8) is 0 Å². The maximum absolute atomic E-state index is 12.9. The lowest BCUT2D eigenvalue weighted by Crippen LogP contribution is -2.52. The molecule has 3 aliphatic heterocycles. The molecule has 0 radical (unpaired) electrons. The van der Waals surface area contributed by atoms with Gasteiger partial charge >= 0.3 is 0 Å². The molecule has 33 heavy (non-hydrogen) atoms. The first-order valence-corrected chi connectivity index (χ1v) is 12.2. The molecule has 1 saturated carbocycles. The maximum Gasteiger partial charge on any atom is 0.255 e. The van der Waals surface area contributed by atoms with E-state index in [1.807, 2.05) is 18.2 Å². The summed E-state index contributed by atoms with van der Waals surface area (Å²) in [4.78, 5) is 38.3. The van der Waals surface area contributed by atoms with Gasteiger partial charge in [-0.1, -0.05) is 19.8 Å². The van der Waals surface area contributed by atoms with E-state index in [2.05, 4.69) is 17.6 Å². The summed E-state index contributed by atoms with van der Waals surface area (Å²) in [5.41, 5.74) is 1.70. The second-order valence-corrected chi connectivity index (χ2v) is 10.3. The van der Waals surface area contributed by atoms with Crippen molar-refractivity contribution in [2.24, 2.45) is 5.41 Å². The summed E-state index contributed by atoms with van der Waals surface area (Å²) in [5.74, 6) is -0.0529. The van der Waals surface area contributed by atoms with Crippen LogP contribution in [0.25, 0.3) is 0 Å². The Kier molecular flexibility index (Phi) is 6.14.